The van der Waals surface area contributed by atoms with Crippen molar-refractivity contribution in [1.29, 1.82) is 0 Å². The lowest BCUT2D eigenvalue weighted by Crippen LogP contribution is -2.15. The molecule has 0 atom stereocenters. The second-order valence-electron chi connectivity index (χ2n) is 5.91. The number of carbonyl (C=O) groups is 1. The Morgan fingerprint density at radius 1 is 1.32 bits per heavy atom. The highest BCUT2D eigenvalue weighted by molar-refractivity contribution is 7.99. The summed E-state index contributed by atoms with van der Waals surface area (Å²) in [7, 11) is 1.93. The monoisotopic (exact) mass is 446 g/mol. The molecular formula is C19H15ClN4OS3. The molecule has 142 valence electrons. The average molecular weight is 447 g/mol. The zero-order chi connectivity index (χ0) is 19.5. The molecule has 1 amide bonds. The van der Waals surface area contributed by atoms with Crippen LogP contribution < -0.4 is 5.32 Å². The van der Waals surface area contributed by atoms with Gasteiger partial charge in [-0.05, 0) is 41.4 Å². The molecule has 9 heteroatoms. The maximum absolute atomic E-state index is 12.6. The summed E-state index contributed by atoms with van der Waals surface area (Å²) < 4.78 is 1.92. The number of benzene rings is 1. The summed E-state index contributed by atoms with van der Waals surface area (Å²) >= 11 is 10.8. The Kier molecular flexibility index (Phi) is 5.82. The van der Waals surface area contributed by atoms with Crippen molar-refractivity contribution in [2.45, 2.75) is 16.5 Å². The number of carbonyl (C=O) groups excluding carboxylic acids is 1. The number of nitrogens with one attached hydrogen (secondary N) is 1. The predicted molar refractivity (Wildman–Crippen MR) is 117 cm³/mol. The van der Waals surface area contributed by atoms with Crippen LogP contribution in [0.15, 0.2) is 63.5 Å². The zero-order valence-electron chi connectivity index (χ0n) is 14.8. The van der Waals surface area contributed by atoms with Crippen molar-refractivity contribution in [3.05, 3.63) is 64.2 Å². The fourth-order valence-electron chi connectivity index (χ4n) is 2.50. The number of amides is 1. The van der Waals surface area contributed by atoms with E-state index < -0.39 is 0 Å². The van der Waals surface area contributed by atoms with E-state index in [1.807, 2.05) is 46.8 Å². The lowest BCUT2D eigenvalue weighted by molar-refractivity contribution is -0.115. The van der Waals surface area contributed by atoms with Gasteiger partial charge in [-0.25, -0.2) is 9.97 Å². The van der Waals surface area contributed by atoms with E-state index in [0.29, 0.717) is 10.7 Å². The van der Waals surface area contributed by atoms with Crippen LogP contribution in [0.4, 0.5) is 5.69 Å². The molecule has 0 aliphatic heterocycles. The van der Waals surface area contributed by atoms with Crippen LogP contribution in [0, 0.1) is 0 Å². The van der Waals surface area contributed by atoms with Crippen LogP contribution in [0.2, 0.25) is 5.02 Å². The molecule has 4 rings (SSSR count). The van der Waals surface area contributed by atoms with Crippen LogP contribution in [0.1, 0.15) is 5.69 Å². The Hall–Kier alpha value is -2.13. The number of aromatic nitrogens is 3. The van der Waals surface area contributed by atoms with Gasteiger partial charge in [0.25, 0.3) is 0 Å². The van der Waals surface area contributed by atoms with Crippen molar-refractivity contribution >= 4 is 57.6 Å². The molecule has 0 saturated heterocycles. The third-order valence-corrected chi connectivity index (χ3v) is 7.14. The van der Waals surface area contributed by atoms with Crippen LogP contribution in [0.3, 0.4) is 0 Å². The van der Waals surface area contributed by atoms with Gasteiger partial charge in [0.1, 0.15) is 5.01 Å². The Morgan fingerprint density at radius 2 is 2.21 bits per heavy atom. The van der Waals surface area contributed by atoms with E-state index in [1.54, 1.807) is 41.0 Å². The van der Waals surface area contributed by atoms with Crippen molar-refractivity contribution in [3.8, 4) is 9.88 Å². The van der Waals surface area contributed by atoms with E-state index in [2.05, 4.69) is 15.3 Å². The number of rotatable bonds is 6. The smallest absolute Gasteiger partial charge is 0.230 e. The lowest BCUT2D eigenvalue weighted by Gasteiger charge is -2.11. The molecule has 0 unspecified atom stereocenters. The number of anilines is 1. The number of aryl methyl sites for hydroxylation is 1. The maximum atomic E-state index is 12.6. The number of thiophene rings is 1. The summed E-state index contributed by atoms with van der Waals surface area (Å²) in [6, 6.07) is 9.46. The van der Waals surface area contributed by atoms with E-state index in [4.69, 9.17) is 11.6 Å². The Balaban J connectivity index is 1.48. The molecule has 0 spiro atoms. The topological polar surface area (TPSA) is 59.8 Å². The van der Waals surface area contributed by atoms with Crippen molar-refractivity contribution < 1.29 is 4.79 Å². The van der Waals surface area contributed by atoms with Crippen LogP contribution >= 0.6 is 46.0 Å². The molecule has 4 aromatic rings. The Bertz CT molecular complexity index is 1100. The number of hydrogen-bond donors (Lipinski definition) is 1. The van der Waals surface area contributed by atoms with Gasteiger partial charge < -0.3 is 9.88 Å². The van der Waals surface area contributed by atoms with Gasteiger partial charge in [0, 0.05) is 34.7 Å². The van der Waals surface area contributed by atoms with Crippen LogP contribution in [0.5, 0.6) is 0 Å². The van der Waals surface area contributed by atoms with Gasteiger partial charge in [-0.1, -0.05) is 17.7 Å². The highest BCUT2D eigenvalue weighted by Gasteiger charge is 2.14. The number of imidazole rings is 1. The number of thiazole rings is 1. The summed E-state index contributed by atoms with van der Waals surface area (Å²) in [5.74, 6) is -0.132. The first-order chi connectivity index (χ1) is 13.6. The standard InChI is InChI=1S/C19H15ClN4OS3/c1-24-7-6-21-19(24)28-15-5-4-12(20)9-14(15)23-17(25)10-13-11-27-18(22-13)16-3-2-8-26-16/h2-9,11H,10H2,1H3,(H,23,25). The summed E-state index contributed by atoms with van der Waals surface area (Å²) in [6.07, 6.45) is 3.83. The quantitative estimate of drug-likeness (QED) is 0.419. The first kappa shape index (κ1) is 19.2. The van der Waals surface area contributed by atoms with E-state index in [0.717, 1.165) is 25.6 Å². The van der Waals surface area contributed by atoms with Crippen molar-refractivity contribution in [2.24, 2.45) is 7.05 Å². The van der Waals surface area contributed by atoms with E-state index in [9.17, 15) is 4.79 Å². The molecule has 5 nitrogen and oxygen atoms in total. The molecule has 0 saturated carbocycles. The second-order valence-corrected chi connectivity index (χ2v) is 9.16. The molecule has 28 heavy (non-hydrogen) atoms. The Morgan fingerprint density at radius 3 is 2.96 bits per heavy atom. The summed E-state index contributed by atoms with van der Waals surface area (Å²) in [6.45, 7) is 0. The van der Waals surface area contributed by atoms with Crippen LogP contribution in [-0.2, 0) is 18.3 Å². The van der Waals surface area contributed by atoms with Crippen LogP contribution in [-0.4, -0.2) is 20.4 Å². The average Bonchev–Trinajstić information content (AvgIpc) is 3.40. The van der Waals surface area contributed by atoms with Gasteiger partial charge in [-0.2, -0.15) is 0 Å². The summed E-state index contributed by atoms with van der Waals surface area (Å²) in [5.41, 5.74) is 1.42. The zero-order valence-corrected chi connectivity index (χ0v) is 18.0. The highest BCUT2D eigenvalue weighted by atomic mass is 35.5. The molecule has 0 bridgehead atoms. The molecule has 0 fully saturated rings. The maximum Gasteiger partial charge on any atom is 0.230 e. The van der Waals surface area contributed by atoms with Crippen molar-refractivity contribution in [3.63, 3.8) is 0 Å². The first-order valence-electron chi connectivity index (χ1n) is 8.31. The molecule has 1 N–H and O–H groups in total. The molecule has 0 aliphatic carbocycles. The molecule has 3 heterocycles. The molecule has 3 aromatic heterocycles. The van der Waals surface area contributed by atoms with Gasteiger partial charge in [-0.3, -0.25) is 4.79 Å². The third kappa shape index (κ3) is 4.47. The normalized spacial score (nSPS) is 10.9. The number of halogens is 1. The van der Waals surface area contributed by atoms with Crippen molar-refractivity contribution in [2.75, 3.05) is 5.32 Å². The van der Waals surface area contributed by atoms with E-state index in [-0.39, 0.29) is 12.3 Å². The largest absolute Gasteiger partial charge is 0.329 e. The molecule has 1 aromatic carbocycles. The van der Waals surface area contributed by atoms with Gasteiger partial charge in [-0.15, -0.1) is 22.7 Å². The molecule has 0 aliphatic rings. The molecule has 0 radical (unpaired) electrons. The first-order valence-corrected chi connectivity index (χ1v) is 11.3. The third-order valence-electron chi connectivity index (χ3n) is 3.82. The highest BCUT2D eigenvalue weighted by Crippen LogP contribution is 2.34. The molecular weight excluding hydrogens is 432 g/mol. The van der Waals surface area contributed by atoms with Crippen LogP contribution in [0.25, 0.3) is 9.88 Å². The fourth-order valence-corrected chi connectivity index (χ4v) is 5.18. The minimum atomic E-state index is -0.132. The predicted octanol–water partition coefficient (Wildman–Crippen LogP) is 5.59. The number of nitrogens with zero attached hydrogens (tertiary/aromatic N) is 3. The fraction of sp³-hybridized carbons (Fsp3) is 0.105. The SMILES string of the molecule is Cn1ccnc1Sc1ccc(Cl)cc1NC(=O)Cc1csc(-c2cccs2)n1. The minimum Gasteiger partial charge on any atom is -0.329 e. The van der Waals surface area contributed by atoms with Gasteiger partial charge in [0.15, 0.2) is 5.16 Å². The second kappa shape index (κ2) is 8.48. The van der Waals surface area contributed by atoms with Crippen molar-refractivity contribution in [1.82, 2.24) is 14.5 Å². The summed E-state index contributed by atoms with van der Waals surface area (Å²) in [4.78, 5) is 23.5. The van der Waals surface area contributed by atoms with E-state index >= 15 is 0 Å². The Labute approximate surface area is 179 Å². The minimum absolute atomic E-state index is 0.132. The lowest BCUT2D eigenvalue weighted by atomic mass is 10.3. The number of hydrogen-bond acceptors (Lipinski definition) is 6. The van der Waals surface area contributed by atoms with Gasteiger partial charge in [0.05, 0.1) is 22.7 Å². The van der Waals surface area contributed by atoms with Gasteiger partial charge >= 0.3 is 0 Å². The van der Waals surface area contributed by atoms with E-state index in [1.165, 1.54) is 11.8 Å². The summed E-state index contributed by atoms with van der Waals surface area (Å²) in [5, 5.41) is 9.24. The van der Waals surface area contributed by atoms with Gasteiger partial charge in [0.2, 0.25) is 5.91 Å².